The first-order valence-corrected chi connectivity index (χ1v) is 6.31. The highest BCUT2D eigenvalue weighted by atomic mass is 19.1. The summed E-state index contributed by atoms with van der Waals surface area (Å²) >= 11 is 0. The van der Waals surface area contributed by atoms with Crippen molar-refractivity contribution in [2.24, 2.45) is 0 Å². The Morgan fingerprint density at radius 3 is 2.48 bits per heavy atom. The van der Waals surface area contributed by atoms with Crippen LogP contribution in [0.2, 0.25) is 0 Å². The number of halogens is 2. The van der Waals surface area contributed by atoms with Crippen molar-refractivity contribution >= 4 is 0 Å². The van der Waals surface area contributed by atoms with Gasteiger partial charge in [0.2, 0.25) is 5.75 Å². The average Bonchev–Trinajstić information content (AvgIpc) is 2.46. The fraction of sp³-hybridized carbons (Fsp3) is 0.200. The van der Waals surface area contributed by atoms with Gasteiger partial charge in [-0.15, -0.1) is 0 Å². The van der Waals surface area contributed by atoms with Crippen molar-refractivity contribution in [3.63, 3.8) is 0 Å². The van der Waals surface area contributed by atoms with Crippen LogP contribution in [0, 0.1) is 11.6 Å². The van der Waals surface area contributed by atoms with Crippen LogP contribution >= 0.6 is 0 Å². The van der Waals surface area contributed by atoms with Gasteiger partial charge in [0.15, 0.2) is 11.5 Å². The van der Waals surface area contributed by atoms with Crippen LogP contribution < -0.4 is 5.32 Å². The molecule has 0 heterocycles. The Kier molecular flexibility index (Phi) is 4.28. The molecule has 0 radical (unpaired) electrons. The molecule has 0 aromatic heterocycles. The summed E-state index contributed by atoms with van der Waals surface area (Å²) in [7, 11) is 0. The molecule has 21 heavy (non-hydrogen) atoms. The molecule has 0 saturated carbocycles. The van der Waals surface area contributed by atoms with E-state index in [1.807, 2.05) is 0 Å². The second-order valence-electron chi connectivity index (χ2n) is 4.71. The van der Waals surface area contributed by atoms with Gasteiger partial charge in [-0.25, -0.2) is 8.78 Å². The van der Waals surface area contributed by atoms with Crippen molar-refractivity contribution in [3.05, 3.63) is 53.1 Å². The first-order valence-electron chi connectivity index (χ1n) is 6.31. The van der Waals surface area contributed by atoms with E-state index in [-0.39, 0.29) is 12.1 Å². The molecular formula is C15H15F2NO3. The summed E-state index contributed by atoms with van der Waals surface area (Å²) in [5.74, 6) is -2.56. The van der Waals surface area contributed by atoms with Crippen molar-refractivity contribution in [3.8, 4) is 17.2 Å². The minimum Gasteiger partial charge on any atom is -0.504 e. The number of nitrogens with one attached hydrogen (secondary N) is 1. The lowest BCUT2D eigenvalue weighted by atomic mass is 10.1. The maximum absolute atomic E-state index is 13.6. The number of hydrogen-bond donors (Lipinski definition) is 4. The maximum atomic E-state index is 13.6. The van der Waals surface area contributed by atoms with Gasteiger partial charge in [0.1, 0.15) is 11.6 Å². The van der Waals surface area contributed by atoms with Crippen LogP contribution in [0.15, 0.2) is 30.3 Å². The Morgan fingerprint density at radius 1 is 1.05 bits per heavy atom. The number of phenols is 3. The van der Waals surface area contributed by atoms with Crippen LogP contribution in [0.3, 0.4) is 0 Å². The molecule has 112 valence electrons. The molecule has 0 fully saturated rings. The Labute approximate surface area is 120 Å². The molecule has 4 N–H and O–H groups in total. The number of rotatable bonds is 4. The van der Waals surface area contributed by atoms with Crippen molar-refractivity contribution in [2.45, 2.75) is 19.5 Å². The van der Waals surface area contributed by atoms with Crippen LogP contribution in [0.5, 0.6) is 17.2 Å². The van der Waals surface area contributed by atoms with E-state index in [0.29, 0.717) is 5.56 Å². The fourth-order valence-electron chi connectivity index (χ4n) is 1.97. The molecule has 4 nitrogen and oxygen atoms in total. The van der Waals surface area contributed by atoms with Crippen LogP contribution in [-0.4, -0.2) is 15.3 Å². The Balaban J connectivity index is 2.13. The summed E-state index contributed by atoms with van der Waals surface area (Å²) in [5.41, 5.74) is 0.492. The fourth-order valence-corrected chi connectivity index (χ4v) is 1.97. The third-order valence-corrected chi connectivity index (χ3v) is 3.24. The standard InChI is InChI=1S/C15H15F2NO3/c1-8(11-6-10(16)3-4-12(11)17)18-7-9-2-5-13(19)15(21)14(9)20/h2-6,8,18-21H,7H2,1H3. The van der Waals surface area contributed by atoms with Crippen molar-refractivity contribution in [1.82, 2.24) is 5.32 Å². The molecule has 1 atom stereocenters. The first kappa shape index (κ1) is 15.1. The molecule has 0 saturated heterocycles. The van der Waals surface area contributed by atoms with Gasteiger partial charge in [0.05, 0.1) is 0 Å². The van der Waals surface area contributed by atoms with Gasteiger partial charge in [-0.05, 0) is 31.2 Å². The van der Waals surface area contributed by atoms with E-state index in [2.05, 4.69) is 5.32 Å². The molecule has 2 rings (SSSR count). The summed E-state index contributed by atoms with van der Waals surface area (Å²) < 4.78 is 26.7. The van der Waals surface area contributed by atoms with Gasteiger partial charge in [0.25, 0.3) is 0 Å². The summed E-state index contributed by atoms with van der Waals surface area (Å²) in [5, 5.41) is 31.2. The summed E-state index contributed by atoms with van der Waals surface area (Å²) in [6.07, 6.45) is 0. The average molecular weight is 295 g/mol. The van der Waals surface area contributed by atoms with Crippen molar-refractivity contribution in [1.29, 1.82) is 0 Å². The van der Waals surface area contributed by atoms with Crippen LogP contribution in [-0.2, 0) is 6.54 Å². The van der Waals surface area contributed by atoms with E-state index in [1.54, 1.807) is 6.92 Å². The molecule has 2 aromatic carbocycles. The van der Waals surface area contributed by atoms with Gasteiger partial charge < -0.3 is 20.6 Å². The zero-order valence-corrected chi connectivity index (χ0v) is 11.3. The monoisotopic (exact) mass is 295 g/mol. The molecule has 0 spiro atoms. The second-order valence-corrected chi connectivity index (χ2v) is 4.71. The maximum Gasteiger partial charge on any atom is 0.200 e. The lowest BCUT2D eigenvalue weighted by molar-refractivity contribution is 0.363. The van der Waals surface area contributed by atoms with E-state index in [0.717, 1.165) is 18.2 Å². The highest BCUT2D eigenvalue weighted by Gasteiger charge is 2.14. The second kappa shape index (κ2) is 5.97. The topological polar surface area (TPSA) is 72.7 Å². The number of phenolic OH excluding ortho intramolecular Hbond substituents is 3. The number of hydrogen-bond acceptors (Lipinski definition) is 4. The Hall–Kier alpha value is -2.34. The summed E-state index contributed by atoms with van der Waals surface area (Å²) in [6.45, 7) is 1.76. The third kappa shape index (κ3) is 3.22. The Bertz CT molecular complexity index is 662. The largest absolute Gasteiger partial charge is 0.504 e. The summed E-state index contributed by atoms with van der Waals surface area (Å²) in [6, 6.07) is 5.34. The zero-order chi connectivity index (χ0) is 15.6. The van der Waals surface area contributed by atoms with Gasteiger partial charge in [-0.3, -0.25) is 0 Å². The molecule has 0 amide bonds. The predicted molar refractivity (Wildman–Crippen MR) is 73.0 cm³/mol. The highest BCUT2D eigenvalue weighted by molar-refractivity contribution is 5.53. The molecule has 6 heteroatoms. The zero-order valence-electron chi connectivity index (χ0n) is 11.3. The smallest absolute Gasteiger partial charge is 0.200 e. The number of benzene rings is 2. The molecular weight excluding hydrogens is 280 g/mol. The third-order valence-electron chi connectivity index (χ3n) is 3.24. The predicted octanol–water partition coefficient (Wildman–Crippen LogP) is 2.93. The lowest BCUT2D eigenvalue weighted by Crippen LogP contribution is -2.19. The Morgan fingerprint density at radius 2 is 1.76 bits per heavy atom. The first-order chi connectivity index (χ1) is 9.90. The molecule has 2 aromatic rings. The normalized spacial score (nSPS) is 12.3. The van der Waals surface area contributed by atoms with Gasteiger partial charge in [0, 0.05) is 23.7 Å². The van der Waals surface area contributed by atoms with E-state index in [9.17, 15) is 24.1 Å². The molecule has 0 aliphatic heterocycles. The van der Waals surface area contributed by atoms with Crippen LogP contribution in [0.4, 0.5) is 8.78 Å². The quantitative estimate of drug-likeness (QED) is 0.654. The van der Waals surface area contributed by atoms with E-state index < -0.39 is 34.9 Å². The minimum absolute atomic E-state index is 0.108. The summed E-state index contributed by atoms with van der Waals surface area (Å²) in [4.78, 5) is 0. The van der Waals surface area contributed by atoms with Crippen molar-refractivity contribution < 1.29 is 24.1 Å². The van der Waals surface area contributed by atoms with Crippen LogP contribution in [0.25, 0.3) is 0 Å². The lowest BCUT2D eigenvalue weighted by Gasteiger charge is -2.16. The van der Waals surface area contributed by atoms with Gasteiger partial charge in [-0.1, -0.05) is 6.07 Å². The van der Waals surface area contributed by atoms with Crippen molar-refractivity contribution in [2.75, 3.05) is 0 Å². The minimum atomic E-state index is -0.612. The molecule has 0 bridgehead atoms. The van der Waals surface area contributed by atoms with Gasteiger partial charge >= 0.3 is 0 Å². The van der Waals surface area contributed by atoms with E-state index >= 15 is 0 Å². The molecule has 0 aliphatic rings. The van der Waals surface area contributed by atoms with Gasteiger partial charge in [-0.2, -0.15) is 0 Å². The SMILES string of the molecule is CC(NCc1ccc(O)c(O)c1O)c1cc(F)ccc1F. The van der Waals surface area contributed by atoms with E-state index in [1.165, 1.54) is 12.1 Å². The molecule has 1 unspecified atom stereocenters. The molecule has 0 aliphatic carbocycles. The van der Waals surface area contributed by atoms with E-state index in [4.69, 9.17) is 0 Å². The highest BCUT2D eigenvalue weighted by Crippen LogP contribution is 2.37. The number of aromatic hydroxyl groups is 3. The van der Waals surface area contributed by atoms with Crippen LogP contribution in [0.1, 0.15) is 24.1 Å².